The first-order chi connectivity index (χ1) is 5.22. The van der Waals surface area contributed by atoms with Crippen LogP contribution in [0.15, 0.2) is 33.9 Å². The first kappa shape index (κ1) is 8.71. The summed E-state index contributed by atoms with van der Waals surface area (Å²) in [5, 5.41) is 0. The van der Waals surface area contributed by atoms with E-state index in [0.29, 0.717) is 9.14 Å². The smallest absolute Gasteiger partial charge is 0.139 e. The third kappa shape index (κ3) is 2.29. The van der Waals surface area contributed by atoms with Crippen molar-refractivity contribution in [2.45, 2.75) is 6.92 Å². The Bertz CT molecular complexity index is 260. The minimum absolute atomic E-state index is 0.133. The largest absolute Gasteiger partial charge is 0.206 e. The minimum Gasteiger partial charge on any atom is -0.206 e. The molecule has 0 heterocycles. The van der Waals surface area contributed by atoms with E-state index in [4.69, 9.17) is 0 Å². The van der Waals surface area contributed by atoms with E-state index in [9.17, 15) is 4.39 Å². The molecular weight excluding hydrogens is 254 g/mol. The summed E-state index contributed by atoms with van der Waals surface area (Å²) in [7, 11) is 0. The van der Waals surface area contributed by atoms with Crippen molar-refractivity contribution < 1.29 is 4.39 Å². The fourth-order valence-corrected chi connectivity index (χ4v) is 1.09. The molecule has 1 aromatic rings. The lowest BCUT2D eigenvalue weighted by Crippen LogP contribution is -1.76. The van der Waals surface area contributed by atoms with Gasteiger partial charge in [0.05, 0.1) is 0 Å². The zero-order valence-electron chi connectivity index (χ0n) is 6.14. The molecule has 58 valence electrons. The van der Waals surface area contributed by atoms with E-state index < -0.39 is 0 Å². The minimum atomic E-state index is -0.133. The number of hydrogen-bond acceptors (Lipinski definition) is 0. The van der Waals surface area contributed by atoms with E-state index in [0.717, 1.165) is 0 Å². The summed E-state index contributed by atoms with van der Waals surface area (Å²) in [6.45, 7) is 1.75. The van der Waals surface area contributed by atoms with Crippen LogP contribution in [0.1, 0.15) is 12.5 Å². The fourth-order valence-electron chi connectivity index (χ4n) is 0.783. The maximum atomic E-state index is 13.1. The Balaban J connectivity index is 3.04. The summed E-state index contributed by atoms with van der Waals surface area (Å²) < 4.78 is 13.8. The molecular formula is C9H8FI. The SMILES string of the molecule is C/C(I)=C(\F)c1ccccc1. The molecule has 11 heavy (non-hydrogen) atoms. The van der Waals surface area contributed by atoms with Gasteiger partial charge in [-0.2, -0.15) is 0 Å². The Morgan fingerprint density at radius 3 is 2.27 bits per heavy atom. The van der Waals surface area contributed by atoms with Gasteiger partial charge >= 0.3 is 0 Å². The van der Waals surface area contributed by atoms with Crippen LogP contribution in [0.25, 0.3) is 5.83 Å². The molecule has 0 aromatic heterocycles. The van der Waals surface area contributed by atoms with Gasteiger partial charge in [0.1, 0.15) is 5.83 Å². The van der Waals surface area contributed by atoms with Crippen LogP contribution in [0.5, 0.6) is 0 Å². The molecule has 0 atom stereocenters. The van der Waals surface area contributed by atoms with Gasteiger partial charge < -0.3 is 0 Å². The van der Waals surface area contributed by atoms with Gasteiger partial charge in [-0.1, -0.05) is 30.3 Å². The first-order valence-corrected chi connectivity index (χ1v) is 4.37. The molecule has 0 aliphatic rings. The Hall–Kier alpha value is -0.380. The van der Waals surface area contributed by atoms with Crippen molar-refractivity contribution in [1.29, 1.82) is 0 Å². The van der Waals surface area contributed by atoms with Gasteiger partial charge in [0.15, 0.2) is 0 Å². The third-order valence-corrected chi connectivity index (χ3v) is 1.80. The summed E-state index contributed by atoms with van der Waals surface area (Å²) in [5.41, 5.74) is 0.652. The molecule has 2 heteroatoms. The highest BCUT2D eigenvalue weighted by Gasteiger charge is 2.00. The summed E-state index contributed by atoms with van der Waals surface area (Å²) in [4.78, 5) is 0. The lowest BCUT2D eigenvalue weighted by Gasteiger charge is -1.96. The molecule has 0 fully saturated rings. The second kappa shape index (κ2) is 3.85. The predicted molar refractivity (Wildman–Crippen MR) is 54.2 cm³/mol. The number of hydrogen-bond donors (Lipinski definition) is 0. The zero-order chi connectivity index (χ0) is 8.27. The predicted octanol–water partition coefficient (Wildman–Crippen LogP) is 3.78. The Morgan fingerprint density at radius 2 is 1.82 bits per heavy atom. The lowest BCUT2D eigenvalue weighted by atomic mass is 10.2. The monoisotopic (exact) mass is 262 g/mol. The van der Waals surface area contributed by atoms with Crippen molar-refractivity contribution in [3.63, 3.8) is 0 Å². The average molecular weight is 262 g/mol. The Kier molecular flexibility index (Phi) is 3.05. The van der Waals surface area contributed by atoms with E-state index in [1.807, 2.05) is 40.8 Å². The van der Waals surface area contributed by atoms with Gasteiger partial charge in [0.2, 0.25) is 0 Å². The summed E-state index contributed by atoms with van der Waals surface area (Å²) in [6, 6.07) is 9.05. The molecule has 0 aliphatic heterocycles. The molecule has 0 bridgehead atoms. The van der Waals surface area contributed by atoms with Crippen LogP contribution in [-0.4, -0.2) is 0 Å². The van der Waals surface area contributed by atoms with E-state index in [-0.39, 0.29) is 5.83 Å². The molecule has 0 unspecified atom stereocenters. The Labute approximate surface area is 79.3 Å². The first-order valence-electron chi connectivity index (χ1n) is 3.29. The van der Waals surface area contributed by atoms with Gasteiger partial charge in [0.25, 0.3) is 0 Å². The molecule has 0 N–H and O–H groups in total. The third-order valence-electron chi connectivity index (χ3n) is 1.33. The number of rotatable bonds is 1. The van der Waals surface area contributed by atoms with Crippen molar-refractivity contribution >= 4 is 28.4 Å². The van der Waals surface area contributed by atoms with Crippen LogP contribution in [-0.2, 0) is 0 Å². The molecule has 0 spiro atoms. The van der Waals surface area contributed by atoms with Gasteiger partial charge in [-0.05, 0) is 29.5 Å². The summed E-state index contributed by atoms with van der Waals surface area (Å²) in [5.74, 6) is -0.133. The quantitative estimate of drug-likeness (QED) is 0.675. The van der Waals surface area contributed by atoms with Crippen molar-refractivity contribution in [1.82, 2.24) is 0 Å². The number of allylic oxidation sites excluding steroid dienone is 1. The van der Waals surface area contributed by atoms with Crippen LogP contribution in [0.4, 0.5) is 4.39 Å². The van der Waals surface area contributed by atoms with Gasteiger partial charge in [0, 0.05) is 9.14 Å². The second-order valence-corrected chi connectivity index (χ2v) is 3.83. The lowest BCUT2D eigenvalue weighted by molar-refractivity contribution is 0.757. The summed E-state index contributed by atoms with van der Waals surface area (Å²) >= 11 is 1.98. The Morgan fingerprint density at radius 1 is 1.27 bits per heavy atom. The van der Waals surface area contributed by atoms with Crippen LogP contribution in [0.3, 0.4) is 0 Å². The molecule has 1 rings (SSSR count). The van der Waals surface area contributed by atoms with Crippen molar-refractivity contribution in [3.8, 4) is 0 Å². The van der Waals surface area contributed by atoms with E-state index >= 15 is 0 Å². The van der Waals surface area contributed by atoms with Gasteiger partial charge in [-0.25, -0.2) is 4.39 Å². The highest BCUT2D eigenvalue weighted by atomic mass is 127. The molecule has 0 saturated heterocycles. The molecule has 1 aromatic carbocycles. The van der Waals surface area contributed by atoms with E-state index in [1.165, 1.54) is 0 Å². The maximum absolute atomic E-state index is 13.1. The van der Waals surface area contributed by atoms with Crippen LogP contribution in [0.2, 0.25) is 0 Å². The van der Waals surface area contributed by atoms with Gasteiger partial charge in [-0.15, -0.1) is 0 Å². The van der Waals surface area contributed by atoms with Crippen LogP contribution in [0, 0.1) is 0 Å². The standard InChI is InChI=1S/C9H8FI/c1-7(11)9(10)8-5-3-2-4-6-8/h2-6H,1H3/b9-7+. The maximum Gasteiger partial charge on any atom is 0.139 e. The molecule has 0 radical (unpaired) electrons. The molecule has 0 saturated carbocycles. The molecule has 0 aliphatic carbocycles. The van der Waals surface area contributed by atoms with Crippen molar-refractivity contribution in [3.05, 3.63) is 39.5 Å². The number of halogens is 2. The topological polar surface area (TPSA) is 0 Å². The van der Waals surface area contributed by atoms with Crippen LogP contribution < -0.4 is 0 Å². The zero-order valence-corrected chi connectivity index (χ0v) is 8.30. The summed E-state index contributed by atoms with van der Waals surface area (Å²) in [6.07, 6.45) is 0. The highest BCUT2D eigenvalue weighted by molar-refractivity contribution is 14.1. The fraction of sp³-hybridized carbons (Fsp3) is 0.111. The molecule has 0 amide bonds. The molecule has 0 nitrogen and oxygen atoms in total. The van der Waals surface area contributed by atoms with E-state index in [1.54, 1.807) is 19.1 Å². The second-order valence-electron chi connectivity index (χ2n) is 2.21. The van der Waals surface area contributed by atoms with Crippen molar-refractivity contribution in [2.24, 2.45) is 0 Å². The van der Waals surface area contributed by atoms with Crippen molar-refractivity contribution in [2.75, 3.05) is 0 Å². The normalized spacial score (nSPS) is 12.6. The van der Waals surface area contributed by atoms with Crippen LogP contribution >= 0.6 is 22.6 Å². The van der Waals surface area contributed by atoms with E-state index in [2.05, 4.69) is 0 Å². The number of benzene rings is 1. The average Bonchev–Trinajstić information content (AvgIpc) is 2.05. The highest BCUT2D eigenvalue weighted by Crippen LogP contribution is 2.23. The van der Waals surface area contributed by atoms with Gasteiger partial charge in [-0.3, -0.25) is 0 Å².